The number of hydrogen-bond donors (Lipinski definition) is 1. The van der Waals surface area contributed by atoms with Crippen molar-refractivity contribution in [3.63, 3.8) is 0 Å². The van der Waals surface area contributed by atoms with E-state index < -0.39 is 21.7 Å². The molecule has 0 aromatic heterocycles. The number of benzene rings is 2. The molecule has 36 heavy (non-hydrogen) atoms. The molecule has 6 nitrogen and oxygen atoms in total. The lowest BCUT2D eigenvalue weighted by Gasteiger charge is -2.39. The van der Waals surface area contributed by atoms with E-state index >= 15 is 0 Å². The summed E-state index contributed by atoms with van der Waals surface area (Å²) in [7, 11) is -3.79. The van der Waals surface area contributed by atoms with Gasteiger partial charge in [-0.05, 0) is 85.8 Å². The van der Waals surface area contributed by atoms with Gasteiger partial charge in [-0.1, -0.05) is 23.2 Å². The van der Waals surface area contributed by atoms with Gasteiger partial charge < -0.3 is 4.74 Å². The molecule has 3 aliphatic rings. The Morgan fingerprint density at radius 2 is 1.69 bits per heavy atom. The highest BCUT2D eigenvalue weighted by molar-refractivity contribution is 7.89. The van der Waals surface area contributed by atoms with E-state index in [9.17, 15) is 17.6 Å². The molecule has 0 radical (unpaired) electrons. The maximum atomic E-state index is 14.8. The van der Waals surface area contributed by atoms with Crippen molar-refractivity contribution in [2.45, 2.75) is 63.1 Å². The zero-order chi connectivity index (χ0) is 25.6. The molecule has 2 bridgehead atoms. The number of rotatable bonds is 8. The van der Waals surface area contributed by atoms with Crippen LogP contribution in [0.2, 0.25) is 10.0 Å². The van der Waals surface area contributed by atoms with Crippen molar-refractivity contribution in [3.8, 4) is 5.75 Å². The van der Waals surface area contributed by atoms with Crippen LogP contribution < -0.4 is 9.46 Å². The van der Waals surface area contributed by atoms with Crippen molar-refractivity contribution in [2.24, 2.45) is 5.92 Å². The fourth-order valence-corrected chi connectivity index (χ4v) is 6.73. The number of nitrogens with zero attached hydrogens (tertiary/aromatic N) is 1. The van der Waals surface area contributed by atoms with E-state index in [1.54, 1.807) is 6.07 Å². The quantitative estimate of drug-likeness (QED) is 0.464. The first-order chi connectivity index (χ1) is 17.1. The van der Waals surface area contributed by atoms with Gasteiger partial charge in [0, 0.05) is 34.7 Å². The third kappa shape index (κ3) is 5.98. The Kier molecular flexibility index (Phi) is 7.24. The molecule has 1 saturated carbocycles. The van der Waals surface area contributed by atoms with E-state index in [1.165, 1.54) is 12.1 Å². The topological polar surface area (TPSA) is 75.7 Å². The van der Waals surface area contributed by atoms with Gasteiger partial charge in [0.1, 0.15) is 11.6 Å². The first-order valence-electron chi connectivity index (χ1n) is 12.2. The number of piperidine rings is 1. The van der Waals surface area contributed by atoms with Crippen molar-refractivity contribution < 1.29 is 22.3 Å². The molecule has 2 aliphatic heterocycles. The second kappa shape index (κ2) is 10.1. The molecule has 3 fully saturated rings. The van der Waals surface area contributed by atoms with Crippen LogP contribution in [0.3, 0.4) is 0 Å². The summed E-state index contributed by atoms with van der Waals surface area (Å²) in [5.41, 5.74) is 1.61. The second-order valence-electron chi connectivity index (χ2n) is 10.3. The van der Waals surface area contributed by atoms with Gasteiger partial charge in [-0.15, -0.1) is 0 Å². The Balaban J connectivity index is 1.25. The number of carbonyl (C=O) groups excluding carboxylic acids is 1. The van der Waals surface area contributed by atoms with Crippen LogP contribution in [0.15, 0.2) is 30.3 Å². The zero-order valence-electron chi connectivity index (χ0n) is 20.0. The Bertz CT molecular complexity index is 1250. The second-order valence-corrected chi connectivity index (χ2v) is 13.0. The zero-order valence-corrected chi connectivity index (χ0v) is 22.3. The van der Waals surface area contributed by atoms with Gasteiger partial charge in [-0.2, -0.15) is 0 Å². The summed E-state index contributed by atoms with van der Waals surface area (Å²) < 4.78 is 45.6. The summed E-state index contributed by atoms with van der Waals surface area (Å²) in [6.45, 7) is 1.30. The number of sulfonamides is 1. The van der Waals surface area contributed by atoms with Crippen molar-refractivity contribution >= 4 is 39.1 Å². The Hall–Kier alpha value is -1.87. The number of carbonyl (C=O) groups is 1. The van der Waals surface area contributed by atoms with E-state index in [0.29, 0.717) is 40.4 Å². The van der Waals surface area contributed by atoms with Crippen molar-refractivity contribution in [3.05, 3.63) is 62.9 Å². The van der Waals surface area contributed by atoms with Crippen LogP contribution in [-0.2, 0) is 16.6 Å². The molecule has 1 aliphatic carbocycles. The van der Waals surface area contributed by atoms with E-state index in [0.717, 1.165) is 62.5 Å². The van der Waals surface area contributed by atoms with Gasteiger partial charge >= 0.3 is 0 Å². The highest BCUT2D eigenvalue weighted by Gasteiger charge is 2.41. The van der Waals surface area contributed by atoms with Gasteiger partial charge in [-0.25, -0.2) is 17.5 Å². The summed E-state index contributed by atoms with van der Waals surface area (Å²) in [4.78, 5) is 14.8. The van der Waals surface area contributed by atoms with Gasteiger partial charge in [-0.3, -0.25) is 9.69 Å². The number of hydrogen-bond acceptors (Lipinski definition) is 5. The van der Waals surface area contributed by atoms with Gasteiger partial charge in [0.2, 0.25) is 10.0 Å². The highest BCUT2D eigenvalue weighted by Crippen LogP contribution is 2.46. The van der Waals surface area contributed by atoms with Crippen LogP contribution in [-0.4, -0.2) is 44.2 Å². The molecule has 2 saturated heterocycles. The average Bonchev–Trinajstić information content (AvgIpc) is 3.57. The number of ether oxygens (including phenoxy) is 1. The molecule has 0 unspecified atom stereocenters. The van der Waals surface area contributed by atoms with E-state index in [2.05, 4.69) is 4.90 Å². The predicted octanol–water partition coefficient (Wildman–Crippen LogP) is 5.52. The Labute approximate surface area is 221 Å². The third-order valence-electron chi connectivity index (χ3n) is 7.38. The lowest BCUT2D eigenvalue weighted by molar-refractivity contribution is 0.0735. The molecule has 1 N–H and O–H groups in total. The van der Waals surface area contributed by atoms with Gasteiger partial charge in [0.25, 0.3) is 5.91 Å². The molecule has 5 rings (SSSR count). The standard InChI is InChI=1S/C26H29Cl2FN2O4S/c1-36(33,34)30-26(32)23-11-22(17-2-3-17)25(12-24(23)29)35-14-16-8-20-4-5-21(9-16)31(20)13-15-6-18(27)10-19(28)7-15/h6-7,10-12,16-17,20-21H,2-5,8-9,13-14H2,1H3,(H,30,32)/t16-,20-,21+. The molecule has 3 atom stereocenters. The molecular formula is C26H29Cl2FN2O4S. The molecule has 194 valence electrons. The van der Waals surface area contributed by atoms with E-state index in [1.807, 2.05) is 16.9 Å². The molecular weight excluding hydrogens is 526 g/mol. The summed E-state index contributed by atoms with van der Waals surface area (Å²) in [5.74, 6) is -0.744. The van der Waals surface area contributed by atoms with Gasteiger partial charge in [0.05, 0.1) is 18.4 Å². The number of fused-ring (bicyclic) bond motifs is 2. The number of halogens is 3. The Morgan fingerprint density at radius 1 is 1.06 bits per heavy atom. The van der Waals surface area contributed by atoms with Crippen LogP contribution in [0.4, 0.5) is 4.39 Å². The van der Waals surface area contributed by atoms with Crippen molar-refractivity contribution in [1.82, 2.24) is 9.62 Å². The summed E-state index contributed by atoms with van der Waals surface area (Å²) >= 11 is 12.4. The molecule has 2 aromatic carbocycles. The van der Waals surface area contributed by atoms with Crippen molar-refractivity contribution in [1.29, 1.82) is 0 Å². The lowest BCUT2D eigenvalue weighted by atomic mass is 9.91. The summed E-state index contributed by atoms with van der Waals surface area (Å²) in [6, 6.07) is 9.27. The van der Waals surface area contributed by atoms with Crippen LogP contribution >= 0.6 is 23.2 Å². The SMILES string of the molecule is CS(=O)(=O)NC(=O)c1cc(C2CC2)c(OC[C@@H]2C[C@H]3CC[C@@H](C2)N3Cc2cc(Cl)cc(Cl)c2)cc1F. The fourth-order valence-electron chi connectivity index (χ4n) is 5.71. The monoisotopic (exact) mass is 554 g/mol. The molecule has 2 aromatic rings. The minimum Gasteiger partial charge on any atom is -0.493 e. The third-order valence-corrected chi connectivity index (χ3v) is 8.38. The average molecular weight is 555 g/mol. The molecule has 1 amide bonds. The molecule has 0 spiro atoms. The Morgan fingerprint density at radius 3 is 2.28 bits per heavy atom. The number of amides is 1. The smallest absolute Gasteiger partial charge is 0.267 e. The molecule has 2 heterocycles. The minimum atomic E-state index is -3.79. The lowest BCUT2D eigenvalue weighted by Crippen LogP contribution is -2.43. The van der Waals surface area contributed by atoms with Crippen LogP contribution in [0.5, 0.6) is 5.75 Å². The summed E-state index contributed by atoms with van der Waals surface area (Å²) in [6.07, 6.45) is 7.02. The van der Waals surface area contributed by atoms with Crippen LogP contribution in [0.1, 0.15) is 65.9 Å². The number of nitrogens with one attached hydrogen (secondary N) is 1. The fraction of sp³-hybridized carbons (Fsp3) is 0.500. The maximum Gasteiger partial charge on any atom is 0.267 e. The molecule has 10 heteroatoms. The maximum absolute atomic E-state index is 14.8. The normalized spacial score (nSPS) is 24.1. The first-order valence-corrected chi connectivity index (χ1v) is 14.9. The van der Waals surface area contributed by atoms with Crippen LogP contribution in [0.25, 0.3) is 0 Å². The first kappa shape index (κ1) is 25.8. The highest BCUT2D eigenvalue weighted by atomic mass is 35.5. The van der Waals surface area contributed by atoms with Crippen LogP contribution in [0, 0.1) is 11.7 Å². The van der Waals surface area contributed by atoms with E-state index in [4.69, 9.17) is 27.9 Å². The minimum absolute atomic E-state index is 0.202. The van der Waals surface area contributed by atoms with Crippen molar-refractivity contribution in [2.75, 3.05) is 12.9 Å². The predicted molar refractivity (Wildman–Crippen MR) is 138 cm³/mol. The largest absolute Gasteiger partial charge is 0.493 e. The summed E-state index contributed by atoms with van der Waals surface area (Å²) in [5, 5.41) is 1.29. The van der Waals surface area contributed by atoms with E-state index in [-0.39, 0.29) is 11.5 Å². The van der Waals surface area contributed by atoms with Gasteiger partial charge in [0.15, 0.2) is 0 Å².